The lowest BCUT2D eigenvalue weighted by molar-refractivity contribution is -0.660. The van der Waals surface area contributed by atoms with Crippen LogP contribution in [0.4, 0.5) is 0 Å². The van der Waals surface area contributed by atoms with Gasteiger partial charge >= 0.3 is 0 Å². The van der Waals surface area contributed by atoms with Crippen molar-refractivity contribution in [3.05, 3.63) is 76.5 Å². The molecule has 0 aliphatic carbocycles. The number of aromatic nitrogens is 1. The van der Waals surface area contributed by atoms with Crippen molar-refractivity contribution >= 4 is 0 Å². The van der Waals surface area contributed by atoms with E-state index in [1.165, 1.54) is 27.9 Å². The molecular weight excluding hydrogens is 304 g/mol. The minimum Gasteiger partial charge on any atom is -0.201 e. The van der Waals surface area contributed by atoms with Crippen LogP contribution in [-0.2, 0) is 7.05 Å². The van der Waals surface area contributed by atoms with Gasteiger partial charge in [0.25, 0.3) is 0 Å². The molecule has 0 radical (unpaired) electrons. The van der Waals surface area contributed by atoms with Crippen LogP contribution in [0.3, 0.4) is 0 Å². The third kappa shape index (κ3) is 2.94. The average Bonchev–Trinajstić information content (AvgIpc) is 2.57. The second kappa shape index (κ2) is 6.53. The predicted octanol–water partition coefficient (Wildman–Crippen LogP) is 4.95. The van der Waals surface area contributed by atoms with Crippen LogP contribution in [0.15, 0.2) is 48.7 Å². The van der Waals surface area contributed by atoms with E-state index >= 15 is 0 Å². The van der Waals surface area contributed by atoms with Crippen molar-refractivity contribution in [2.45, 2.75) is 27.7 Å². The minimum absolute atomic E-state index is 0.728. The number of pyridine rings is 1. The molecule has 0 aliphatic rings. The van der Waals surface area contributed by atoms with Gasteiger partial charge in [0.15, 0.2) is 6.20 Å². The summed E-state index contributed by atoms with van der Waals surface area (Å²) in [6.45, 7) is 8.48. The molecule has 1 aromatic heterocycles. The Kier molecular flexibility index (Phi) is 4.42. The monoisotopic (exact) mass is 327 g/mol. The van der Waals surface area contributed by atoms with Gasteiger partial charge in [-0.15, -0.1) is 0 Å². The first-order valence-corrected chi connectivity index (χ1v) is 8.51. The Morgan fingerprint density at radius 3 is 2.24 bits per heavy atom. The van der Waals surface area contributed by atoms with E-state index in [-0.39, 0.29) is 0 Å². The molecule has 3 rings (SSSR count). The van der Waals surface area contributed by atoms with Gasteiger partial charge in [-0.25, -0.2) is 4.57 Å². The van der Waals surface area contributed by atoms with Crippen molar-refractivity contribution in [3.8, 4) is 28.5 Å². The van der Waals surface area contributed by atoms with Gasteiger partial charge in [-0.2, -0.15) is 5.26 Å². The summed E-state index contributed by atoms with van der Waals surface area (Å²) >= 11 is 0. The molecule has 0 aliphatic heterocycles. The molecule has 1 heterocycles. The van der Waals surface area contributed by atoms with Gasteiger partial charge in [0.2, 0.25) is 5.69 Å². The highest BCUT2D eigenvalue weighted by Gasteiger charge is 2.19. The van der Waals surface area contributed by atoms with E-state index in [1.54, 1.807) is 0 Å². The van der Waals surface area contributed by atoms with Gasteiger partial charge in [0.05, 0.1) is 17.2 Å². The van der Waals surface area contributed by atoms with E-state index < -0.39 is 0 Å². The Balaban J connectivity index is 2.33. The van der Waals surface area contributed by atoms with Crippen molar-refractivity contribution in [1.82, 2.24) is 0 Å². The molecule has 2 heteroatoms. The second-order valence-electron chi connectivity index (χ2n) is 6.74. The first-order valence-electron chi connectivity index (χ1n) is 8.51. The normalized spacial score (nSPS) is 10.6. The van der Waals surface area contributed by atoms with Gasteiger partial charge in [-0.05, 0) is 62.1 Å². The molecule has 0 spiro atoms. The van der Waals surface area contributed by atoms with E-state index in [1.807, 2.05) is 12.1 Å². The highest BCUT2D eigenvalue weighted by Crippen LogP contribution is 2.36. The molecule has 0 amide bonds. The molecule has 0 atom stereocenters. The van der Waals surface area contributed by atoms with Crippen LogP contribution < -0.4 is 4.57 Å². The van der Waals surface area contributed by atoms with Crippen LogP contribution in [-0.4, -0.2) is 0 Å². The predicted molar refractivity (Wildman–Crippen MR) is 102 cm³/mol. The highest BCUT2D eigenvalue weighted by molar-refractivity contribution is 5.82. The van der Waals surface area contributed by atoms with Crippen molar-refractivity contribution in [2.75, 3.05) is 0 Å². The maximum atomic E-state index is 9.56. The summed E-state index contributed by atoms with van der Waals surface area (Å²) in [5, 5.41) is 9.56. The molecule has 124 valence electrons. The lowest BCUT2D eigenvalue weighted by Gasteiger charge is -2.16. The highest BCUT2D eigenvalue weighted by atomic mass is 14.9. The number of hydrogen-bond donors (Lipinski definition) is 0. The number of aryl methyl sites for hydroxylation is 4. The number of nitrogens with zero attached hydrogens (tertiary/aromatic N) is 2. The second-order valence-corrected chi connectivity index (χ2v) is 6.74. The topological polar surface area (TPSA) is 27.7 Å². The van der Waals surface area contributed by atoms with Crippen molar-refractivity contribution in [1.29, 1.82) is 5.26 Å². The molecular formula is C23H23N2+. The van der Waals surface area contributed by atoms with Gasteiger partial charge in [-0.1, -0.05) is 24.3 Å². The van der Waals surface area contributed by atoms with E-state index in [0.717, 1.165) is 22.3 Å². The third-order valence-corrected chi connectivity index (χ3v) is 4.87. The van der Waals surface area contributed by atoms with E-state index in [9.17, 15) is 5.26 Å². The summed E-state index contributed by atoms with van der Waals surface area (Å²) in [5.74, 6) is 0. The van der Waals surface area contributed by atoms with Crippen LogP contribution in [0.2, 0.25) is 0 Å². The van der Waals surface area contributed by atoms with Crippen LogP contribution in [0.25, 0.3) is 22.4 Å². The Bertz CT molecular complexity index is 1010. The summed E-state index contributed by atoms with van der Waals surface area (Å²) in [7, 11) is 2.09. The van der Waals surface area contributed by atoms with Crippen molar-refractivity contribution < 1.29 is 4.57 Å². The van der Waals surface area contributed by atoms with Gasteiger partial charge in [0.1, 0.15) is 7.05 Å². The molecule has 25 heavy (non-hydrogen) atoms. The van der Waals surface area contributed by atoms with E-state index in [4.69, 9.17) is 0 Å². The van der Waals surface area contributed by atoms with Crippen LogP contribution >= 0.6 is 0 Å². The van der Waals surface area contributed by atoms with Crippen LogP contribution in [0.1, 0.15) is 27.8 Å². The number of nitriles is 1. The molecule has 2 nitrogen and oxygen atoms in total. The summed E-state index contributed by atoms with van der Waals surface area (Å²) in [6.07, 6.45) is 2.15. The Morgan fingerprint density at radius 1 is 0.840 bits per heavy atom. The third-order valence-electron chi connectivity index (χ3n) is 4.87. The van der Waals surface area contributed by atoms with Gasteiger partial charge in [0, 0.05) is 17.2 Å². The molecule has 0 N–H and O–H groups in total. The standard InChI is InChI=1S/C23H23N2/c1-15-9-12-21(25(5)14-15)22-17(3)10-11-20(18(22)4)23-16(2)7-6-8-19(23)13-24/h6-12,14H,1-5H3/q+1. The average molecular weight is 327 g/mol. The zero-order chi connectivity index (χ0) is 18.1. The quantitative estimate of drug-likeness (QED) is 0.612. The molecule has 0 unspecified atom stereocenters. The summed E-state index contributed by atoms with van der Waals surface area (Å²) in [4.78, 5) is 0. The molecule has 0 saturated heterocycles. The summed E-state index contributed by atoms with van der Waals surface area (Å²) in [5.41, 5.74) is 10.2. The number of hydrogen-bond acceptors (Lipinski definition) is 1. The van der Waals surface area contributed by atoms with Crippen molar-refractivity contribution in [3.63, 3.8) is 0 Å². The van der Waals surface area contributed by atoms with Gasteiger partial charge in [-0.3, -0.25) is 0 Å². The maximum Gasteiger partial charge on any atom is 0.212 e. The molecule has 0 saturated carbocycles. The minimum atomic E-state index is 0.728. The fraction of sp³-hybridized carbons (Fsp3) is 0.217. The zero-order valence-corrected chi connectivity index (χ0v) is 15.5. The zero-order valence-electron chi connectivity index (χ0n) is 15.5. The smallest absolute Gasteiger partial charge is 0.201 e. The Morgan fingerprint density at radius 2 is 1.56 bits per heavy atom. The fourth-order valence-corrected chi connectivity index (χ4v) is 3.64. The van der Waals surface area contributed by atoms with Crippen LogP contribution in [0, 0.1) is 39.0 Å². The summed E-state index contributed by atoms with van der Waals surface area (Å²) < 4.78 is 2.18. The molecule has 2 aromatic carbocycles. The van der Waals surface area contributed by atoms with E-state index in [0.29, 0.717) is 0 Å². The number of benzene rings is 2. The molecule has 0 fully saturated rings. The van der Waals surface area contributed by atoms with E-state index in [2.05, 4.69) is 81.9 Å². The Labute approximate surface area is 150 Å². The fourth-order valence-electron chi connectivity index (χ4n) is 3.64. The first-order chi connectivity index (χ1) is 11.9. The number of rotatable bonds is 2. The largest absolute Gasteiger partial charge is 0.212 e. The lowest BCUT2D eigenvalue weighted by atomic mass is 9.87. The first kappa shape index (κ1) is 16.9. The van der Waals surface area contributed by atoms with Crippen LogP contribution in [0.5, 0.6) is 0 Å². The SMILES string of the molecule is Cc1ccc(-c2c(C)ccc(-c3c(C)cccc3C#N)c2C)[n+](C)c1. The summed E-state index contributed by atoms with van der Waals surface area (Å²) in [6, 6.07) is 16.9. The Hall–Kier alpha value is -2.92. The maximum absolute atomic E-state index is 9.56. The van der Waals surface area contributed by atoms with Gasteiger partial charge < -0.3 is 0 Å². The van der Waals surface area contributed by atoms with Crippen molar-refractivity contribution in [2.24, 2.45) is 7.05 Å². The molecule has 0 bridgehead atoms. The lowest BCUT2D eigenvalue weighted by Crippen LogP contribution is -2.31. The molecule has 3 aromatic rings.